The average Bonchev–Trinajstić information content (AvgIpc) is 3.38. The Balaban J connectivity index is 1.36. The van der Waals surface area contributed by atoms with Crippen LogP contribution in [0.2, 0.25) is 0 Å². The van der Waals surface area contributed by atoms with Crippen LogP contribution >= 0.6 is 15.9 Å². The summed E-state index contributed by atoms with van der Waals surface area (Å²) < 4.78 is 6.42. The van der Waals surface area contributed by atoms with Gasteiger partial charge < -0.3 is 25.4 Å². The summed E-state index contributed by atoms with van der Waals surface area (Å²) in [5.41, 5.74) is 0.782. The molecule has 3 heterocycles. The summed E-state index contributed by atoms with van der Waals surface area (Å²) in [4.78, 5) is 57.0. The fourth-order valence-electron chi connectivity index (χ4n) is 6.77. The molecule has 264 valence electrons. The number of fused-ring (bicyclic) bond motifs is 2. The molecule has 1 saturated carbocycles. The quantitative estimate of drug-likeness (QED) is 0.273. The van der Waals surface area contributed by atoms with E-state index in [9.17, 15) is 24.3 Å². The van der Waals surface area contributed by atoms with Crippen molar-refractivity contribution < 1.29 is 29.0 Å². The number of halogens is 1. The number of rotatable bonds is 5. The van der Waals surface area contributed by atoms with Crippen molar-refractivity contribution in [2.45, 2.75) is 95.0 Å². The summed E-state index contributed by atoms with van der Waals surface area (Å²) in [7, 11) is 0. The summed E-state index contributed by atoms with van der Waals surface area (Å²) in [6, 6.07) is 14.9. The number of carbonyl (C=O) groups is 4. The van der Waals surface area contributed by atoms with E-state index in [0.717, 1.165) is 34.9 Å². The number of ether oxygens (including phenoxy) is 1. The summed E-state index contributed by atoms with van der Waals surface area (Å²) in [5, 5.41) is 25.6. The molecule has 3 amide bonds. The fraction of sp³-hybridized carbons (Fsp3) is 0.459. The normalized spacial score (nSPS) is 26.4. The molecule has 2 aliphatic heterocycles. The van der Waals surface area contributed by atoms with Crippen LogP contribution < -0.4 is 10.6 Å². The minimum Gasteiger partial charge on any atom is -0.479 e. The van der Waals surface area contributed by atoms with E-state index in [-0.39, 0.29) is 25.3 Å². The van der Waals surface area contributed by atoms with E-state index < -0.39 is 53.1 Å². The van der Waals surface area contributed by atoms with Gasteiger partial charge in [-0.1, -0.05) is 83.4 Å². The van der Waals surface area contributed by atoms with E-state index in [2.05, 4.69) is 26.6 Å². The van der Waals surface area contributed by atoms with Gasteiger partial charge in [-0.2, -0.15) is 15.0 Å². The fourth-order valence-corrected chi connectivity index (χ4v) is 7.04. The molecule has 13 heteroatoms. The second kappa shape index (κ2) is 14.4. The average molecular weight is 748 g/mol. The van der Waals surface area contributed by atoms with Gasteiger partial charge >= 0.3 is 12.1 Å². The second-order valence-corrected chi connectivity index (χ2v) is 15.2. The van der Waals surface area contributed by atoms with Crippen LogP contribution in [0.25, 0.3) is 22.5 Å². The Morgan fingerprint density at radius 1 is 1.00 bits per heavy atom. The maximum atomic E-state index is 14.4. The number of carbonyl (C=O) groups excluding carboxylic acids is 3. The first-order valence-corrected chi connectivity index (χ1v) is 17.9. The molecule has 0 spiro atoms. The molecule has 5 atom stereocenters. The van der Waals surface area contributed by atoms with Crippen LogP contribution in [0.5, 0.6) is 0 Å². The van der Waals surface area contributed by atoms with Crippen molar-refractivity contribution in [2.75, 3.05) is 6.54 Å². The number of aromatic nitrogens is 3. The number of nitrogens with one attached hydrogen (secondary N) is 2. The zero-order valence-corrected chi connectivity index (χ0v) is 30.1. The van der Waals surface area contributed by atoms with Gasteiger partial charge in [0.05, 0.1) is 6.04 Å². The number of benzene rings is 2. The zero-order chi connectivity index (χ0) is 35.6. The van der Waals surface area contributed by atoms with Gasteiger partial charge in [0.15, 0.2) is 0 Å². The molecular weight excluding hydrogens is 704 g/mol. The highest BCUT2D eigenvalue weighted by Crippen LogP contribution is 2.45. The van der Waals surface area contributed by atoms with Crippen molar-refractivity contribution >= 4 is 39.8 Å². The lowest BCUT2D eigenvalue weighted by Gasteiger charge is -2.30. The van der Waals surface area contributed by atoms with Crippen LogP contribution in [0.4, 0.5) is 4.79 Å². The Labute approximate surface area is 299 Å². The highest BCUT2D eigenvalue weighted by atomic mass is 79.9. The van der Waals surface area contributed by atoms with Crippen molar-refractivity contribution in [1.82, 2.24) is 30.5 Å². The number of carboxylic acid groups (broad SMARTS) is 1. The molecule has 1 aliphatic carbocycles. The summed E-state index contributed by atoms with van der Waals surface area (Å²) in [5.74, 6) is -2.45. The molecule has 12 nitrogen and oxygen atoms in total. The zero-order valence-electron chi connectivity index (χ0n) is 28.5. The smallest absolute Gasteiger partial charge is 0.408 e. The molecular formula is C37H43BrN6O6. The number of nitrogens with zero attached hydrogens (tertiary/aromatic N) is 4. The maximum Gasteiger partial charge on any atom is 0.408 e. The first-order chi connectivity index (χ1) is 23.8. The molecule has 3 aliphatic rings. The molecule has 6 rings (SSSR count). The third-order valence-corrected chi connectivity index (χ3v) is 9.98. The SMILES string of the molecule is CC(C)(C)OC(=O)N[C@H]1CCCCC/C=C\[C@H]2C[C@@]2(C(=O)O)NC(=O)[C@@H]2C[C@H](n3nc(-c4ccccc4)c(-c4ccc(Br)cc4)n3)CN2C1=O. The minimum absolute atomic E-state index is 0.0789. The molecule has 2 aromatic carbocycles. The molecule has 50 heavy (non-hydrogen) atoms. The van der Waals surface area contributed by atoms with Gasteiger partial charge in [0.1, 0.15) is 34.6 Å². The van der Waals surface area contributed by atoms with Gasteiger partial charge in [-0.15, -0.1) is 0 Å². The lowest BCUT2D eigenvalue weighted by molar-refractivity contribution is -0.145. The molecule has 1 saturated heterocycles. The largest absolute Gasteiger partial charge is 0.479 e. The first kappa shape index (κ1) is 35.3. The third kappa shape index (κ3) is 7.77. The van der Waals surface area contributed by atoms with Gasteiger partial charge in [-0.05, 0) is 58.6 Å². The number of allylic oxidation sites excluding steroid dienone is 1. The van der Waals surface area contributed by atoms with Crippen molar-refractivity contribution in [3.8, 4) is 22.5 Å². The summed E-state index contributed by atoms with van der Waals surface area (Å²) in [6.07, 6.45) is 6.95. The van der Waals surface area contributed by atoms with E-state index in [1.165, 1.54) is 4.90 Å². The maximum absolute atomic E-state index is 14.4. The number of carboxylic acids is 1. The van der Waals surface area contributed by atoms with Crippen LogP contribution in [-0.4, -0.2) is 78.6 Å². The van der Waals surface area contributed by atoms with Crippen molar-refractivity contribution in [2.24, 2.45) is 5.92 Å². The second-order valence-electron chi connectivity index (χ2n) is 14.3. The number of alkyl carbamates (subject to hydrolysis) is 1. The predicted octanol–water partition coefficient (Wildman–Crippen LogP) is 5.89. The molecule has 2 fully saturated rings. The lowest BCUT2D eigenvalue weighted by Crippen LogP contribution is -2.56. The van der Waals surface area contributed by atoms with Crippen molar-refractivity contribution in [3.05, 3.63) is 71.2 Å². The Morgan fingerprint density at radius 2 is 1.68 bits per heavy atom. The monoisotopic (exact) mass is 746 g/mol. The standard InChI is InChI=1S/C37H43BrN6O6/c1-36(2,3)50-35(49)39-28-15-11-6-4-5-10-14-25-21-37(25,34(47)48)40-32(45)29-20-27(22-43(29)33(28)46)44-41-30(23-12-8-7-9-13-23)31(42-44)24-16-18-26(38)19-17-24/h7-10,12-14,16-19,25,27-29H,4-6,11,15,20-22H2,1-3H3,(H,39,49)(H,40,45)(H,47,48)/b14-10-/t25-,27-,28-,29-,37+/m0/s1. The van der Waals surface area contributed by atoms with E-state index in [1.54, 1.807) is 25.6 Å². The summed E-state index contributed by atoms with van der Waals surface area (Å²) >= 11 is 3.50. The number of amides is 3. The highest BCUT2D eigenvalue weighted by molar-refractivity contribution is 9.10. The third-order valence-electron chi connectivity index (χ3n) is 9.45. The Morgan fingerprint density at radius 3 is 2.34 bits per heavy atom. The van der Waals surface area contributed by atoms with Crippen molar-refractivity contribution in [1.29, 1.82) is 0 Å². The molecule has 3 N–H and O–H groups in total. The lowest BCUT2D eigenvalue weighted by atomic mass is 10.0. The van der Waals surface area contributed by atoms with Gasteiger partial charge in [0.2, 0.25) is 11.8 Å². The van der Waals surface area contributed by atoms with Crippen LogP contribution in [0.15, 0.2) is 71.2 Å². The number of hydrogen-bond acceptors (Lipinski definition) is 7. The van der Waals surface area contributed by atoms with Gasteiger partial charge in [-0.25, -0.2) is 9.59 Å². The van der Waals surface area contributed by atoms with E-state index >= 15 is 0 Å². The van der Waals surface area contributed by atoms with Crippen LogP contribution in [0.1, 0.15) is 71.8 Å². The summed E-state index contributed by atoms with van der Waals surface area (Å²) in [6.45, 7) is 5.32. The number of aliphatic carboxylic acids is 1. The first-order valence-electron chi connectivity index (χ1n) is 17.1. The molecule has 1 aromatic heterocycles. The molecule has 0 bridgehead atoms. The Bertz CT molecular complexity index is 1770. The Kier molecular flexibility index (Phi) is 10.2. The molecule has 0 unspecified atom stereocenters. The Hall–Kier alpha value is -4.52. The molecule has 0 radical (unpaired) electrons. The minimum atomic E-state index is -1.44. The molecule has 3 aromatic rings. The van der Waals surface area contributed by atoms with Gasteiger partial charge in [-0.3, -0.25) is 9.59 Å². The van der Waals surface area contributed by atoms with Gasteiger partial charge in [0.25, 0.3) is 0 Å². The van der Waals surface area contributed by atoms with Gasteiger partial charge in [0, 0.05) is 34.5 Å². The number of hydrogen-bond donors (Lipinski definition) is 3. The van der Waals surface area contributed by atoms with E-state index in [4.69, 9.17) is 14.9 Å². The highest BCUT2D eigenvalue weighted by Gasteiger charge is 2.61. The van der Waals surface area contributed by atoms with Crippen molar-refractivity contribution in [3.63, 3.8) is 0 Å². The van der Waals surface area contributed by atoms with Crippen LogP contribution in [0.3, 0.4) is 0 Å². The van der Waals surface area contributed by atoms with E-state index in [1.807, 2.05) is 66.7 Å². The van der Waals surface area contributed by atoms with Crippen LogP contribution in [0, 0.1) is 5.92 Å². The topological polar surface area (TPSA) is 156 Å². The van der Waals surface area contributed by atoms with Crippen LogP contribution in [-0.2, 0) is 19.1 Å². The predicted molar refractivity (Wildman–Crippen MR) is 190 cm³/mol. The van der Waals surface area contributed by atoms with E-state index in [0.29, 0.717) is 24.2 Å².